The molecule has 0 saturated heterocycles. The number of carbonyl (C=O) groups is 1. The molecular weight excluding hydrogens is 290 g/mol. The van der Waals surface area contributed by atoms with Gasteiger partial charge in [0.05, 0.1) is 17.7 Å². The van der Waals surface area contributed by atoms with Crippen molar-refractivity contribution in [3.63, 3.8) is 0 Å². The number of thioether (sulfide) groups is 1. The van der Waals surface area contributed by atoms with Crippen molar-refractivity contribution >= 4 is 28.9 Å². The third kappa shape index (κ3) is 2.74. The number of hydrogen-bond acceptors (Lipinski definition) is 5. The molecule has 2 aromatic rings. The van der Waals surface area contributed by atoms with Crippen LogP contribution in [0.4, 0.5) is 0 Å². The molecule has 3 heterocycles. The average molecular weight is 305 g/mol. The molecule has 0 unspecified atom stereocenters. The van der Waals surface area contributed by atoms with Crippen molar-refractivity contribution in [2.24, 2.45) is 0 Å². The molecule has 0 aliphatic carbocycles. The van der Waals surface area contributed by atoms with Gasteiger partial charge in [-0.2, -0.15) is 11.8 Å². The zero-order chi connectivity index (χ0) is 13.9. The van der Waals surface area contributed by atoms with Crippen LogP contribution in [0.5, 0.6) is 5.75 Å². The first-order valence-electron chi connectivity index (χ1n) is 6.60. The Balaban J connectivity index is 1.88. The van der Waals surface area contributed by atoms with Crippen LogP contribution in [-0.2, 0) is 12.2 Å². The summed E-state index contributed by atoms with van der Waals surface area (Å²) in [6.07, 6.45) is 4.32. The van der Waals surface area contributed by atoms with Gasteiger partial charge in [0.2, 0.25) is 5.78 Å². The maximum absolute atomic E-state index is 12.5. The fraction of sp³-hybridized carbons (Fsp3) is 0.333. The quantitative estimate of drug-likeness (QED) is 0.810. The van der Waals surface area contributed by atoms with Crippen LogP contribution in [0.2, 0.25) is 0 Å². The molecule has 0 spiro atoms. The summed E-state index contributed by atoms with van der Waals surface area (Å²) in [5, 5.41) is 0. The molecule has 1 aliphatic heterocycles. The summed E-state index contributed by atoms with van der Waals surface area (Å²) in [5.41, 5.74) is 1.92. The standard InChI is InChI=1S/C15H15NO2S2/c1-2-18-12-5-10(7-16-8-12)15(17)14-6-11-9-19-4-3-13(11)20-14/h5-8H,2-4,9H2,1H3. The third-order valence-electron chi connectivity index (χ3n) is 3.14. The van der Waals surface area contributed by atoms with E-state index in [-0.39, 0.29) is 5.78 Å². The van der Waals surface area contributed by atoms with Gasteiger partial charge < -0.3 is 4.74 Å². The summed E-state index contributed by atoms with van der Waals surface area (Å²) in [4.78, 5) is 18.8. The molecule has 0 radical (unpaired) electrons. The van der Waals surface area contributed by atoms with E-state index in [1.54, 1.807) is 29.8 Å². The van der Waals surface area contributed by atoms with Gasteiger partial charge in [-0.3, -0.25) is 9.78 Å². The highest BCUT2D eigenvalue weighted by atomic mass is 32.2. The predicted octanol–water partition coefficient (Wildman–Crippen LogP) is 3.56. The summed E-state index contributed by atoms with van der Waals surface area (Å²) < 4.78 is 5.40. The fourth-order valence-electron chi connectivity index (χ4n) is 2.19. The molecule has 0 aromatic carbocycles. The fourth-order valence-corrected chi connectivity index (χ4v) is 4.52. The molecule has 104 valence electrons. The second-order valence-corrected chi connectivity index (χ2v) is 6.78. The lowest BCUT2D eigenvalue weighted by Crippen LogP contribution is -2.01. The molecule has 3 rings (SSSR count). The van der Waals surface area contributed by atoms with E-state index in [9.17, 15) is 4.79 Å². The van der Waals surface area contributed by atoms with Crippen LogP contribution in [0.25, 0.3) is 0 Å². The van der Waals surface area contributed by atoms with E-state index in [1.165, 1.54) is 10.4 Å². The van der Waals surface area contributed by atoms with E-state index >= 15 is 0 Å². The molecule has 1 aliphatic rings. The summed E-state index contributed by atoms with van der Waals surface area (Å²) in [7, 11) is 0. The highest BCUT2D eigenvalue weighted by Gasteiger charge is 2.19. The van der Waals surface area contributed by atoms with Crippen LogP contribution in [0.1, 0.15) is 32.6 Å². The Labute approximate surface area is 126 Å². The first-order valence-corrected chi connectivity index (χ1v) is 8.57. The van der Waals surface area contributed by atoms with Crippen molar-refractivity contribution in [1.29, 1.82) is 0 Å². The SMILES string of the molecule is CCOc1cncc(C(=O)c2cc3c(s2)CCSC3)c1. The number of nitrogens with zero attached hydrogens (tertiary/aromatic N) is 1. The Bertz CT molecular complexity index is 613. The van der Waals surface area contributed by atoms with Gasteiger partial charge in [0.1, 0.15) is 5.75 Å². The molecule has 0 saturated carbocycles. The lowest BCUT2D eigenvalue weighted by molar-refractivity contribution is 0.104. The van der Waals surface area contributed by atoms with Gasteiger partial charge in [0, 0.05) is 22.4 Å². The number of aryl methyl sites for hydroxylation is 1. The second kappa shape index (κ2) is 5.97. The van der Waals surface area contributed by atoms with Gasteiger partial charge in [-0.05, 0) is 36.8 Å². The predicted molar refractivity (Wildman–Crippen MR) is 83.0 cm³/mol. The van der Waals surface area contributed by atoms with E-state index in [1.807, 2.05) is 24.8 Å². The van der Waals surface area contributed by atoms with Gasteiger partial charge >= 0.3 is 0 Å². The minimum Gasteiger partial charge on any atom is -0.492 e. The molecule has 5 heteroatoms. The normalized spacial score (nSPS) is 13.8. The average Bonchev–Trinajstić information content (AvgIpc) is 2.91. The summed E-state index contributed by atoms with van der Waals surface area (Å²) in [6, 6.07) is 3.81. The molecule has 0 atom stereocenters. The van der Waals surface area contributed by atoms with Gasteiger partial charge in [0.15, 0.2) is 0 Å². The van der Waals surface area contributed by atoms with Crippen LogP contribution >= 0.6 is 23.1 Å². The smallest absolute Gasteiger partial charge is 0.204 e. The molecule has 0 N–H and O–H groups in total. The third-order valence-corrected chi connectivity index (χ3v) is 5.38. The zero-order valence-electron chi connectivity index (χ0n) is 11.2. The first-order chi connectivity index (χ1) is 9.78. The van der Waals surface area contributed by atoms with Crippen LogP contribution in [0.15, 0.2) is 24.5 Å². The number of carbonyl (C=O) groups excluding carboxylic acids is 1. The topological polar surface area (TPSA) is 39.2 Å². The number of rotatable bonds is 4. The second-order valence-electron chi connectivity index (χ2n) is 4.53. The summed E-state index contributed by atoms with van der Waals surface area (Å²) in [6.45, 7) is 2.49. The summed E-state index contributed by atoms with van der Waals surface area (Å²) in [5.74, 6) is 2.87. The largest absolute Gasteiger partial charge is 0.492 e. The summed E-state index contributed by atoms with van der Waals surface area (Å²) >= 11 is 3.56. The van der Waals surface area contributed by atoms with Crippen molar-refractivity contribution < 1.29 is 9.53 Å². The molecule has 0 amide bonds. The minimum atomic E-state index is 0.0449. The number of pyridine rings is 1. The van der Waals surface area contributed by atoms with E-state index in [2.05, 4.69) is 4.98 Å². The van der Waals surface area contributed by atoms with Crippen LogP contribution < -0.4 is 4.74 Å². The minimum absolute atomic E-state index is 0.0449. The van der Waals surface area contributed by atoms with E-state index in [0.29, 0.717) is 17.9 Å². The highest BCUT2D eigenvalue weighted by molar-refractivity contribution is 7.98. The van der Waals surface area contributed by atoms with E-state index in [4.69, 9.17) is 4.74 Å². The molecule has 3 nitrogen and oxygen atoms in total. The molecule has 2 aromatic heterocycles. The Morgan fingerprint density at radius 1 is 1.40 bits per heavy atom. The van der Waals surface area contributed by atoms with Crippen molar-refractivity contribution in [2.45, 2.75) is 19.1 Å². The lowest BCUT2D eigenvalue weighted by atomic mass is 10.1. The van der Waals surface area contributed by atoms with Crippen LogP contribution in [-0.4, -0.2) is 23.1 Å². The number of ketones is 1. The molecular formula is C15H15NO2S2. The van der Waals surface area contributed by atoms with Gasteiger partial charge in [-0.15, -0.1) is 11.3 Å². The van der Waals surface area contributed by atoms with Crippen molar-refractivity contribution in [3.05, 3.63) is 45.4 Å². The zero-order valence-corrected chi connectivity index (χ0v) is 12.9. The van der Waals surface area contributed by atoms with Gasteiger partial charge in [0.25, 0.3) is 0 Å². The van der Waals surface area contributed by atoms with Crippen molar-refractivity contribution in [3.8, 4) is 5.75 Å². The van der Waals surface area contributed by atoms with E-state index < -0.39 is 0 Å². The number of ether oxygens (including phenoxy) is 1. The molecule has 0 fully saturated rings. The van der Waals surface area contributed by atoms with Crippen molar-refractivity contribution in [1.82, 2.24) is 4.98 Å². The Kier molecular flexibility index (Phi) is 4.08. The van der Waals surface area contributed by atoms with E-state index in [0.717, 1.165) is 22.8 Å². The maximum Gasteiger partial charge on any atom is 0.204 e. The molecule has 20 heavy (non-hydrogen) atoms. The van der Waals surface area contributed by atoms with Gasteiger partial charge in [-0.1, -0.05) is 0 Å². The Morgan fingerprint density at radius 2 is 2.30 bits per heavy atom. The number of hydrogen-bond donors (Lipinski definition) is 0. The van der Waals surface area contributed by atoms with Crippen LogP contribution in [0, 0.1) is 0 Å². The number of fused-ring (bicyclic) bond motifs is 1. The van der Waals surface area contributed by atoms with Crippen LogP contribution in [0.3, 0.4) is 0 Å². The highest BCUT2D eigenvalue weighted by Crippen LogP contribution is 2.32. The lowest BCUT2D eigenvalue weighted by Gasteiger charge is -2.08. The number of thiophene rings is 1. The Morgan fingerprint density at radius 3 is 3.10 bits per heavy atom. The Hall–Kier alpha value is -1.33. The van der Waals surface area contributed by atoms with Crippen molar-refractivity contribution in [2.75, 3.05) is 12.4 Å². The number of aromatic nitrogens is 1. The molecule has 0 bridgehead atoms. The maximum atomic E-state index is 12.5. The monoisotopic (exact) mass is 305 g/mol. The first kappa shape index (κ1) is 13.6. The van der Waals surface area contributed by atoms with Gasteiger partial charge in [-0.25, -0.2) is 0 Å².